The summed E-state index contributed by atoms with van der Waals surface area (Å²) in [4.78, 5) is 9.27. The van der Waals surface area contributed by atoms with Crippen molar-refractivity contribution >= 4 is 37.6 Å². The number of alkyl halides is 1. The van der Waals surface area contributed by atoms with Gasteiger partial charge in [0, 0.05) is 6.42 Å². The normalized spacial score (nSPS) is 22.3. The second-order valence-electron chi connectivity index (χ2n) is 5.17. The third-order valence-corrected chi connectivity index (χ3v) is 5.32. The Kier molecular flexibility index (Phi) is 3.41. The van der Waals surface area contributed by atoms with Crippen molar-refractivity contribution in [1.29, 1.82) is 0 Å². The number of benzene rings is 1. The van der Waals surface area contributed by atoms with E-state index in [4.69, 9.17) is 20.9 Å². The fourth-order valence-electron chi connectivity index (χ4n) is 2.01. The van der Waals surface area contributed by atoms with Crippen LogP contribution in [0.4, 0.5) is 0 Å². The molecular formula is C13H13ClN2O4S. The van der Waals surface area contributed by atoms with Crippen LogP contribution in [0.15, 0.2) is 33.8 Å². The van der Waals surface area contributed by atoms with Crippen molar-refractivity contribution in [1.82, 2.24) is 4.98 Å². The zero-order valence-corrected chi connectivity index (χ0v) is 12.8. The second-order valence-corrected chi connectivity index (χ2v) is 7.43. The molecule has 0 saturated heterocycles. The topological polar surface area (TPSA) is 81.8 Å². The summed E-state index contributed by atoms with van der Waals surface area (Å²) in [6.07, 6.45) is 0.152. The molecule has 1 aromatic carbocycles. The van der Waals surface area contributed by atoms with Crippen LogP contribution in [0, 0.1) is 0 Å². The Balaban J connectivity index is 1.83. The zero-order chi connectivity index (χ0) is 15.1. The Morgan fingerprint density at radius 3 is 2.81 bits per heavy atom. The molecule has 1 aliphatic heterocycles. The maximum atomic E-state index is 12.3. The van der Waals surface area contributed by atoms with E-state index in [1.165, 1.54) is 0 Å². The molecule has 0 spiro atoms. The maximum absolute atomic E-state index is 12.3. The van der Waals surface area contributed by atoms with E-state index in [1.807, 2.05) is 6.07 Å². The highest BCUT2D eigenvalue weighted by molar-refractivity contribution is 8.05. The first-order chi connectivity index (χ1) is 9.92. The van der Waals surface area contributed by atoms with Crippen molar-refractivity contribution in [3.05, 3.63) is 30.2 Å². The van der Waals surface area contributed by atoms with Crippen LogP contribution in [-0.2, 0) is 20.4 Å². The average Bonchev–Trinajstić information content (AvgIpc) is 3.02. The molecule has 0 fully saturated rings. The van der Waals surface area contributed by atoms with Crippen LogP contribution in [0.5, 0.6) is 0 Å². The van der Waals surface area contributed by atoms with Gasteiger partial charge in [0.05, 0.1) is 5.88 Å². The lowest BCUT2D eigenvalue weighted by Gasteiger charge is -2.16. The van der Waals surface area contributed by atoms with E-state index < -0.39 is 15.4 Å². The first kappa shape index (κ1) is 14.3. The van der Waals surface area contributed by atoms with Crippen molar-refractivity contribution in [3.8, 4) is 0 Å². The molecule has 0 amide bonds. The number of para-hydroxylation sites is 2. The molecule has 1 atom stereocenters. The minimum absolute atomic E-state index is 0.0205. The number of fused-ring (bicyclic) bond motifs is 1. The summed E-state index contributed by atoms with van der Waals surface area (Å²) in [5.74, 6) is -0.0425. The number of aromatic nitrogens is 1. The number of rotatable bonds is 3. The molecule has 0 bridgehead atoms. The van der Waals surface area contributed by atoms with E-state index in [-0.39, 0.29) is 29.0 Å². The molecule has 0 radical (unpaired) electrons. The van der Waals surface area contributed by atoms with Gasteiger partial charge < -0.3 is 9.25 Å². The molecule has 112 valence electrons. The smallest absolute Gasteiger partial charge is 0.211 e. The predicted molar refractivity (Wildman–Crippen MR) is 78.9 cm³/mol. The molecule has 2 heterocycles. The van der Waals surface area contributed by atoms with Crippen LogP contribution in [0.3, 0.4) is 0 Å². The highest BCUT2D eigenvalue weighted by Gasteiger charge is 2.39. The maximum Gasteiger partial charge on any atom is 0.211 e. The molecule has 0 saturated carbocycles. The van der Waals surface area contributed by atoms with Crippen LogP contribution in [0.1, 0.15) is 19.2 Å². The lowest BCUT2D eigenvalue weighted by atomic mass is 10.1. The number of nitrogens with zero attached hydrogens (tertiary/aromatic N) is 2. The first-order valence-electron chi connectivity index (χ1n) is 6.30. The quantitative estimate of drug-likeness (QED) is 0.808. The van der Waals surface area contributed by atoms with Gasteiger partial charge in [0.25, 0.3) is 0 Å². The molecule has 1 unspecified atom stereocenters. The molecule has 6 nitrogen and oxygen atoms in total. The van der Waals surface area contributed by atoms with Crippen LogP contribution < -0.4 is 0 Å². The summed E-state index contributed by atoms with van der Waals surface area (Å²) < 4.78 is 30.1. The molecule has 2 aromatic rings. The number of halogens is 1. The standard InChI is InChI=1S/C13H13ClN2O4S/c1-13(8-14)6-12(16-20-13)21(17,18)7-11-15-9-4-2-3-5-10(9)19-11/h2-5H,6-8H2,1H3. The van der Waals surface area contributed by atoms with Crippen molar-refractivity contribution in [2.75, 3.05) is 5.88 Å². The summed E-state index contributed by atoms with van der Waals surface area (Å²) in [7, 11) is -3.63. The van der Waals surface area contributed by atoms with Crippen LogP contribution >= 0.6 is 11.6 Å². The number of hydrogen-bond donors (Lipinski definition) is 0. The highest BCUT2D eigenvalue weighted by atomic mass is 35.5. The van der Waals surface area contributed by atoms with Gasteiger partial charge in [0.1, 0.15) is 11.3 Å². The van der Waals surface area contributed by atoms with Gasteiger partial charge in [0.2, 0.25) is 15.7 Å². The summed E-state index contributed by atoms with van der Waals surface area (Å²) in [6.45, 7) is 1.71. The predicted octanol–water partition coefficient (Wildman–Crippen LogP) is 2.47. The lowest BCUT2D eigenvalue weighted by molar-refractivity contribution is 0.0152. The van der Waals surface area contributed by atoms with Gasteiger partial charge in [-0.3, -0.25) is 0 Å². The molecule has 0 N–H and O–H groups in total. The lowest BCUT2D eigenvalue weighted by Crippen LogP contribution is -2.28. The van der Waals surface area contributed by atoms with E-state index >= 15 is 0 Å². The number of oxime groups is 1. The van der Waals surface area contributed by atoms with Crippen molar-refractivity contribution in [3.63, 3.8) is 0 Å². The Labute approximate surface area is 126 Å². The SMILES string of the molecule is CC1(CCl)CC(S(=O)(=O)Cc2nc3ccccc3o2)=NO1. The average molecular weight is 329 g/mol. The van der Waals surface area contributed by atoms with E-state index in [0.29, 0.717) is 11.1 Å². The van der Waals surface area contributed by atoms with Gasteiger partial charge >= 0.3 is 0 Å². The van der Waals surface area contributed by atoms with Gasteiger partial charge in [-0.2, -0.15) is 0 Å². The fourth-order valence-corrected chi connectivity index (χ4v) is 3.45. The Hall–Kier alpha value is -1.60. The minimum Gasteiger partial charge on any atom is -0.440 e. The van der Waals surface area contributed by atoms with E-state index in [1.54, 1.807) is 25.1 Å². The van der Waals surface area contributed by atoms with Gasteiger partial charge in [-0.15, -0.1) is 11.6 Å². The number of sulfone groups is 1. The van der Waals surface area contributed by atoms with Gasteiger partial charge in [-0.05, 0) is 19.1 Å². The second kappa shape index (κ2) is 4.99. The molecule has 1 aliphatic rings. The van der Waals surface area contributed by atoms with Crippen LogP contribution in [0.25, 0.3) is 11.1 Å². The molecule has 1 aromatic heterocycles. The van der Waals surface area contributed by atoms with Gasteiger partial charge in [0.15, 0.2) is 16.2 Å². The summed E-state index contributed by atoms with van der Waals surface area (Å²) >= 11 is 5.75. The molecule has 8 heteroatoms. The summed E-state index contributed by atoms with van der Waals surface area (Å²) in [5, 5.41) is 3.64. The minimum atomic E-state index is -3.63. The third kappa shape index (κ3) is 2.75. The highest BCUT2D eigenvalue weighted by Crippen LogP contribution is 2.28. The van der Waals surface area contributed by atoms with E-state index in [2.05, 4.69) is 10.1 Å². The molecular weight excluding hydrogens is 316 g/mol. The Morgan fingerprint density at radius 1 is 1.38 bits per heavy atom. The van der Waals surface area contributed by atoms with Crippen molar-refractivity contribution < 1.29 is 17.7 Å². The van der Waals surface area contributed by atoms with Gasteiger partial charge in [-0.25, -0.2) is 13.4 Å². The monoisotopic (exact) mass is 328 g/mol. The third-order valence-electron chi connectivity index (χ3n) is 3.19. The molecule has 3 rings (SSSR count). The largest absolute Gasteiger partial charge is 0.440 e. The zero-order valence-electron chi connectivity index (χ0n) is 11.2. The van der Waals surface area contributed by atoms with E-state index in [0.717, 1.165) is 0 Å². The van der Waals surface area contributed by atoms with Crippen LogP contribution in [0.2, 0.25) is 0 Å². The number of hydrogen-bond acceptors (Lipinski definition) is 6. The summed E-state index contributed by atoms with van der Waals surface area (Å²) in [6, 6.07) is 7.10. The number of oxazole rings is 1. The van der Waals surface area contributed by atoms with Crippen molar-refractivity contribution in [2.45, 2.75) is 24.7 Å². The molecule has 0 aliphatic carbocycles. The summed E-state index contributed by atoms with van der Waals surface area (Å²) in [5.41, 5.74) is 0.404. The first-order valence-corrected chi connectivity index (χ1v) is 8.49. The molecule has 21 heavy (non-hydrogen) atoms. The van der Waals surface area contributed by atoms with E-state index in [9.17, 15) is 8.42 Å². The van der Waals surface area contributed by atoms with Crippen molar-refractivity contribution in [2.24, 2.45) is 5.16 Å². The Morgan fingerprint density at radius 2 is 2.14 bits per heavy atom. The van der Waals surface area contributed by atoms with Crippen LogP contribution in [-0.4, -0.2) is 29.9 Å². The fraction of sp³-hybridized carbons (Fsp3) is 0.385. The Bertz CT molecular complexity index is 781. The van der Waals surface area contributed by atoms with Gasteiger partial charge in [-0.1, -0.05) is 17.3 Å².